The van der Waals surface area contributed by atoms with E-state index < -0.39 is 0 Å². The fourth-order valence-electron chi connectivity index (χ4n) is 3.22. The van der Waals surface area contributed by atoms with E-state index in [-0.39, 0.29) is 0 Å². The number of nitrogens with zero attached hydrogens (tertiary/aromatic N) is 1. The van der Waals surface area contributed by atoms with E-state index in [1.165, 1.54) is 12.1 Å². The van der Waals surface area contributed by atoms with E-state index >= 15 is 0 Å². The zero-order chi connectivity index (χ0) is 15.2. The molecule has 2 unspecified atom stereocenters. The molecule has 0 spiro atoms. The van der Waals surface area contributed by atoms with Crippen LogP contribution < -0.4 is 15.0 Å². The first kappa shape index (κ1) is 16.2. The van der Waals surface area contributed by atoms with Gasteiger partial charge in [-0.25, -0.2) is 0 Å². The standard InChI is InChI=1S/C18H30N2O/c1-5-16-12-19-15(11-14(3)4)13-20(16)17-9-7-8-10-18(17)21-6-2/h7-10,14-16,19H,5-6,11-13H2,1-4H3. The highest BCUT2D eigenvalue weighted by Gasteiger charge is 2.28. The van der Waals surface area contributed by atoms with Crippen molar-refractivity contribution in [2.24, 2.45) is 5.92 Å². The van der Waals surface area contributed by atoms with Gasteiger partial charge in [0.25, 0.3) is 0 Å². The predicted molar refractivity (Wildman–Crippen MR) is 90.3 cm³/mol. The summed E-state index contributed by atoms with van der Waals surface area (Å²) in [4.78, 5) is 2.55. The Kier molecular flexibility index (Phi) is 5.92. The molecule has 1 aliphatic heterocycles. The van der Waals surface area contributed by atoms with Crippen LogP contribution in [-0.4, -0.2) is 31.8 Å². The Morgan fingerprint density at radius 3 is 2.71 bits per heavy atom. The molecule has 0 bridgehead atoms. The van der Waals surface area contributed by atoms with Gasteiger partial charge in [-0.05, 0) is 37.8 Å². The van der Waals surface area contributed by atoms with Gasteiger partial charge in [0.15, 0.2) is 0 Å². The zero-order valence-electron chi connectivity index (χ0n) is 13.9. The van der Waals surface area contributed by atoms with Crippen molar-refractivity contribution in [3.05, 3.63) is 24.3 Å². The highest BCUT2D eigenvalue weighted by Crippen LogP contribution is 2.32. The molecule has 1 N–H and O–H groups in total. The molecular weight excluding hydrogens is 260 g/mol. The van der Waals surface area contributed by atoms with Crippen LogP contribution in [0.25, 0.3) is 0 Å². The number of para-hydroxylation sites is 2. The van der Waals surface area contributed by atoms with Crippen LogP contribution in [0.2, 0.25) is 0 Å². The first-order chi connectivity index (χ1) is 10.2. The topological polar surface area (TPSA) is 24.5 Å². The lowest BCUT2D eigenvalue weighted by molar-refractivity contribution is 0.324. The molecule has 0 amide bonds. The van der Waals surface area contributed by atoms with E-state index in [9.17, 15) is 0 Å². The summed E-state index contributed by atoms with van der Waals surface area (Å²) in [6, 6.07) is 9.58. The highest BCUT2D eigenvalue weighted by molar-refractivity contribution is 5.59. The second-order valence-electron chi connectivity index (χ2n) is 6.35. The van der Waals surface area contributed by atoms with Crippen LogP contribution in [0.1, 0.15) is 40.5 Å². The van der Waals surface area contributed by atoms with Crippen molar-refractivity contribution in [3.63, 3.8) is 0 Å². The fourth-order valence-corrected chi connectivity index (χ4v) is 3.22. The van der Waals surface area contributed by atoms with Gasteiger partial charge in [-0.15, -0.1) is 0 Å². The number of benzene rings is 1. The van der Waals surface area contributed by atoms with Gasteiger partial charge in [0.1, 0.15) is 5.75 Å². The molecule has 0 aromatic heterocycles. The Bertz CT molecular complexity index is 433. The summed E-state index contributed by atoms with van der Waals surface area (Å²) in [5.41, 5.74) is 1.25. The highest BCUT2D eigenvalue weighted by atomic mass is 16.5. The van der Waals surface area contributed by atoms with Crippen molar-refractivity contribution in [3.8, 4) is 5.75 Å². The van der Waals surface area contributed by atoms with Gasteiger partial charge in [-0.1, -0.05) is 32.9 Å². The summed E-state index contributed by atoms with van der Waals surface area (Å²) in [5.74, 6) is 1.74. The average molecular weight is 290 g/mol. The Morgan fingerprint density at radius 2 is 2.05 bits per heavy atom. The molecule has 1 heterocycles. The Hall–Kier alpha value is -1.22. The van der Waals surface area contributed by atoms with E-state index in [4.69, 9.17) is 4.74 Å². The SMILES string of the molecule is CCOc1ccccc1N1CC(CC(C)C)NCC1CC. The van der Waals surface area contributed by atoms with E-state index in [0.29, 0.717) is 12.1 Å². The third-order valence-electron chi connectivity index (χ3n) is 4.20. The summed E-state index contributed by atoms with van der Waals surface area (Å²) >= 11 is 0. The molecule has 0 aliphatic carbocycles. The lowest BCUT2D eigenvalue weighted by Crippen LogP contribution is -2.56. The third kappa shape index (κ3) is 4.13. The number of ether oxygens (including phenoxy) is 1. The first-order valence-electron chi connectivity index (χ1n) is 8.37. The van der Waals surface area contributed by atoms with Crippen LogP contribution in [0, 0.1) is 5.92 Å². The molecule has 1 aromatic carbocycles. The molecule has 0 radical (unpaired) electrons. The van der Waals surface area contributed by atoms with E-state index in [2.05, 4.69) is 55.3 Å². The third-order valence-corrected chi connectivity index (χ3v) is 4.20. The maximum Gasteiger partial charge on any atom is 0.142 e. The lowest BCUT2D eigenvalue weighted by Gasteiger charge is -2.42. The Morgan fingerprint density at radius 1 is 1.29 bits per heavy atom. The quantitative estimate of drug-likeness (QED) is 0.865. The van der Waals surface area contributed by atoms with Crippen LogP contribution in [0.3, 0.4) is 0 Å². The Labute approximate surface area is 129 Å². The smallest absolute Gasteiger partial charge is 0.142 e. The largest absolute Gasteiger partial charge is 0.492 e. The minimum Gasteiger partial charge on any atom is -0.492 e. The number of hydrogen-bond donors (Lipinski definition) is 1. The number of anilines is 1. The summed E-state index contributed by atoms with van der Waals surface area (Å²) in [5, 5.41) is 3.72. The molecule has 118 valence electrons. The van der Waals surface area contributed by atoms with Crippen molar-refractivity contribution in [2.45, 2.75) is 52.6 Å². The van der Waals surface area contributed by atoms with Gasteiger partial charge in [-0.3, -0.25) is 0 Å². The molecule has 2 atom stereocenters. The van der Waals surface area contributed by atoms with Gasteiger partial charge in [0, 0.05) is 25.2 Å². The van der Waals surface area contributed by atoms with Gasteiger partial charge in [0.2, 0.25) is 0 Å². The summed E-state index contributed by atoms with van der Waals surface area (Å²) in [6.07, 6.45) is 2.38. The summed E-state index contributed by atoms with van der Waals surface area (Å²) < 4.78 is 5.84. The van der Waals surface area contributed by atoms with Crippen LogP contribution in [0.4, 0.5) is 5.69 Å². The average Bonchev–Trinajstić information content (AvgIpc) is 2.47. The molecule has 3 nitrogen and oxygen atoms in total. The second-order valence-corrected chi connectivity index (χ2v) is 6.35. The van der Waals surface area contributed by atoms with Crippen molar-refractivity contribution in [2.75, 3.05) is 24.6 Å². The second kappa shape index (κ2) is 7.69. The zero-order valence-corrected chi connectivity index (χ0v) is 13.9. The lowest BCUT2D eigenvalue weighted by atomic mass is 9.98. The number of hydrogen-bond acceptors (Lipinski definition) is 3. The summed E-state index contributed by atoms with van der Waals surface area (Å²) in [6.45, 7) is 11.8. The number of nitrogens with one attached hydrogen (secondary N) is 1. The maximum absolute atomic E-state index is 5.84. The van der Waals surface area contributed by atoms with Crippen LogP contribution in [0.15, 0.2) is 24.3 Å². The van der Waals surface area contributed by atoms with Crippen molar-refractivity contribution < 1.29 is 4.74 Å². The van der Waals surface area contributed by atoms with Crippen LogP contribution in [0.5, 0.6) is 5.75 Å². The van der Waals surface area contributed by atoms with E-state index in [1.54, 1.807) is 0 Å². The normalized spacial score (nSPS) is 22.6. The van der Waals surface area contributed by atoms with Crippen molar-refractivity contribution >= 4 is 5.69 Å². The maximum atomic E-state index is 5.84. The van der Waals surface area contributed by atoms with Crippen molar-refractivity contribution in [1.82, 2.24) is 5.32 Å². The fraction of sp³-hybridized carbons (Fsp3) is 0.667. The molecule has 21 heavy (non-hydrogen) atoms. The van der Waals surface area contributed by atoms with Crippen molar-refractivity contribution in [1.29, 1.82) is 0 Å². The van der Waals surface area contributed by atoms with E-state index in [0.717, 1.165) is 37.8 Å². The van der Waals surface area contributed by atoms with Gasteiger partial charge < -0.3 is 15.0 Å². The molecule has 1 aromatic rings. The first-order valence-corrected chi connectivity index (χ1v) is 8.37. The molecule has 2 rings (SSSR count). The van der Waals surface area contributed by atoms with Gasteiger partial charge in [0.05, 0.1) is 12.3 Å². The Balaban J connectivity index is 2.20. The number of piperazine rings is 1. The van der Waals surface area contributed by atoms with Gasteiger partial charge >= 0.3 is 0 Å². The van der Waals surface area contributed by atoms with Crippen LogP contribution >= 0.6 is 0 Å². The molecule has 1 fully saturated rings. The molecule has 3 heteroatoms. The molecule has 1 saturated heterocycles. The van der Waals surface area contributed by atoms with Gasteiger partial charge in [-0.2, -0.15) is 0 Å². The summed E-state index contributed by atoms with van der Waals surface area (Å²) in [7, 11) is 0. The minimum absolute atomic E-state index is 0.551. The minimum atomic E-state index is 0.551. The molecule has 1 aliphatic rings. The van der Waals surface area contributed by atoms with E-state index in [1.807, 2.05) is 6.92 Å². The monoisotopic (exact) mass is 290 g/mol. The van der Waals surface area contributed by atoms with Crippen LogP contribution in [-0.2, 0) is 0 Å². The molecular formula is C18H30N2O. The predicted octanol–water partition coefficient (Wildman–Crippen LogP) is 3.69. The number of rotatable bonds is 6. The molecule has 0 saturated carbocycles.